The van der Waals surface area contributed by atoms with E-state index < -0.39 is 22.8 Å². The SMILES string of the molecule is COC(=O)C1=C(C)NC(C)=C(C(=O)OCCCN2CCN(c3ccc(C)cc3C)CC2)C1c1cccc([N+](=O)[O-])c1. The summed E-state index contributed by atoms with van der Waals surface area (Å²) in [7, 11) is 1.26. The normalized spacial score (nSPS) is 17.8. The summed E-state index contributed by atoms with van der Waals surface area (Å²) in [5.74, 6) is -2.06. The number of ether oxygens (including phenoxy) is 2. The zero-order chi connectivity index (χ0) is 29.7. The van der Waals surface area contributed by atoms with Gasteiger partial charge in [0.25, 0.3) is 5.69 Å². The van der Waals surface area contributed by atoms with Crippen molar-refractivity contribution in [3.63, 3.8) is 0 Å². The van der Waals surface area contributed by atoms with Gasteiger partial charge in [-0.2, -0.15) is 0 Å². The Morgan fingerprint density at radius 2 is 1.66 bits per heavy atom. The molecular formula is C31H38N4O6. The van der Waals surface area contributed by atoms with Gasteiger partial charge in [-0.15, -0.1) is 0 Å². The van der Waals surface area contributed by atoms with Crippen molar-refractivity contribution in [3.8, 4) is 0 Å². The molecule has 0 amide bonds. The van der Waals surface area contributed by atoms with Crippen molar-refractivity contribution in [3.05, 3.63) is 91.8 Å². The van der Waals surface area contributed by atoms with E-state index in [2.05, 4.69) is 47.2 Å². The Labute approximate surface area is 240 Å². The van der Waals surface area contributed by atoms with Gasteiger partial charge >= 0.3 is 11.9 Å². The van der Waals surface area contributed by atoms with Crippen LogP contribution in [0.2, 0.25) is 0 Å². The van der Waals surface area contributed by atoms with E-state index in [4.69, 9.17) is 9.47 Å². The van der Waals surface area contributed by atoms with E-state index in [1.807, 2.05) is 0 Å². The molecule has 0 spiro atoms. The third kappa shape index (κ3) is 6.77. The average Bonchev–Trinajstić information content (AvgIpc) is 2.95. The Bertz CT molecular complexity index is 1390. The van der Waals surface area contributed by atoms with Crippen molar-refractivity contribution in [1.29, 1.82) is 0 Å². The average molecular weight is 563 g/mol. The van der Waals surface area contributed by atoms with Crippen molar-refractivity contribution >= 4 is 23.3 Å². The number of non-ortho nitro benzene ring substituents is 1. The van der Waals surface area contributed by atoms with E-state index in [1.54, 1.807) is 19.9 Å². The Kier molecular flexibility index (Phi) is 9.44. The lowest BCUT2D eigenvalue weighted by molar-refractivity contribution is -0.384. The van der Waals surface area contributed by atoms with Crippen LogP contribution >= 0.6 is 0 Å². The number of piperazine rings is 1. The molecule has 2 aliphatic rings. The van der Waals surface area contributed by atoms with Crippen molar-refractivity contribution in [2.75, 3.05) is 51.3 Å². The summed E-state index contributed by atoms with van der Waals surface area (Å²) in [6.45, 7) is 12.4. The summed E-state index contributed by atoms with van der Waals surface area (Å²) in [5, 5.41) is 14.5. The molecule has 10 heteroatoms. The van der Waals surface area contributed by atoms with Crippen molar-refractivity contribution in [2.24, 2.45) is 0 Å². The number of carbonyl (C=O) groups is 2. The number of nitro benzene ring substituents is 1. The number of nitro groups is 1. The van der Waals surface area contributed by atoms with Gasteiger partial charge in [0, 0.05) is 61.9 Å². The number of hydrogen-bond donors (Lipinski definition) is 1. The molecule has 0 bridgehead atoms. The highest BCUT2D eigenvalue weighted by molar-refractivity contribution is 5.99. The van der Waals surface area contributed by atoms with Crippen LogP contribution in [0.5, 0.6) is 0 Å². The van der Waals surface area contributed by atoms with Crippen molar-refractivity contribution < 1.29 is 24.0 Å². The first-order valence-electron chi connectivity index (χ1n) is 13.8. The molecule has 1 unspecified atom stereocenters. The molecule has 0 saturated carbocycles. The van der Waals surface area contributed by atoms with E-state index in [0.29, 0.717) is 23.4 Å². The van der Waals surface area contributed by atoms with Crippen LogP contribution in [0.3, 0.4) is 0 Å². The molecule has 0 aromatic heterocycles. The van der Waals surface area contributed by atoms with E-state index in [1.165, 1.54) is 42.1 Å². The molecule has 1 N–H and O–H groups in total. The van der Waals surface area contributed by atoms with Crippen molar-refractivity contribution in [1.82, 2.24) is 10.2 Å². The van der Waals surface area contributed by atoms with Crippen LogP contribution < -0.4 is 10.2 Å². The zero-order valence-electron chi connectivity index (χ0n) is 24.4. The number of dihydropyridines is 1. The second kappa shape index (κ2) is 13.0. The van der Waals surface area contributed by atoms with Crippen LogP contribution in [0.15, 0.2) is 65.0 Å². The summed E-state index contributed by atoms with van der Waals surface area (Å²) < 4.78 is 10.7. The number of rotatable bonds is 9. The van der Waals surface area contributed by atoms with Crippen molar-refractivity contribution in [2.45, 2.75) is 40.0 Å². The smallest absolute Gasteiger partial charge is 0.336 e. The van der Waals surface area contributed by atoms with E-state index >= 15 is 0 Å². The van der Waals surface area contributed by atoms with Crippen LogP contribution in [-0.2, 0) is 19.1 Å². The first-order chi connectivity index (χ1) is 19.6. The minimum Gasteiger partial charge on any atom is -0.466 e. The number of nitrogens with zero attached hydrogens (tertiary/aromatic N) is 3. The van der Waals surface area contributed by atoms with Gasteiger partial charge in [0.1, 0.15) is 0 Å². The number of allylic oxidation sites excluding steroid dienone is 2. The minimum atomic E-state index is -0.866. The molecule has 1 atom stereocenters. The molecule has 2 aromatic carbocycles. The molecule has 1 fully saturated rings. The first-order valence-corrected chi connectivity index (χ1v) is 13.8. The number of benzene rings is 2. The highest BCUT2D eigenvalue weighted by Gasteiger charge is 2.38. The van der Waals surface area contributed by atoms with Gasteiger partial charge in [0.15, 0.2) is 0 Å². The van der Waals surface area contributed by atoms with Crippen LogP contribution in [0.25, 0.3) is 0 Å². The van der Waals surface area contributed by atoms with Gasteiger partial charge in [-0.3, -0.25) is 15.0 Å². The van der Waals surface area contributed by atoms with Gasteiger partial charge in [0.2, 0.25) is 0 Å². The highest BCUT2D eigenvalue weighted by Crippen LogP contribution is 2.40. The maximum absolute atomic E-state index is 13.4. The summed E-state index contributed by atoms with van der Waals surface area (Å²) in [6.07, 6.45) is 0.662. The summed E-state index contributed by atoms with van der Waals surface area (Å²) in [5.41, 5.74) is 5.63. The van der Waals surface area contributed by atoms with Gasteiger partial charge in [-0.25, -0.2) is 9.59 Å². The number of nitrogens with one attached hydrogen (secondary N) is 1. The van der Waals surface area contributed by atoms with E-state index in [0.717, 1.165) is 32.7 Å². The molecule has 218 valence electrons. The number of hydrogen-bond acceptors (Lipinski definition) is 9. The van der Waals surface area contributed by atoms with Crippen LogP contribution in [0.4, 0.5) is 11.4 Å². The van der Waals surface area contributed by atoms with Gasteiger partial charge in [0.05, 0.1) is 35.7 Å². The largest absolute Gasteiger partial charge is 0.466 e. The second-order valence-corrected chi connectivity index (χ2v) is 10.6. The summed E-state index contributed by atoms with van der Waals surface area (Å²) in [4.78, 5) is 42.0. The van der Waals surface area contributed by atoms with Gasteiger partial charge in [-0.1, -0.05) is 29.8 Å². The molecular weight excluding hydrogens is 524 g/mol. The Morgan fingerprint density at radius 1 is 0.976 bits per heavy atom. The lowest BCUT2D eigenvalue weighted by Crippen LogP contribution is -2.47. The fourth-order valence-electron chi connectivity index (χ4n) is 5.70. The number of aryl methyl sites for hydroxylation is 2. The lowest BCUT2D eigenvalue weighted by atomic mass is 9.80. The molecule has 0 radical (unpaired) electrons. The predicted molar refractivity (Wildman–Crippen MR) is 157 cm³/mol. The molecule has 41 heavy (non-hydrogen) atoms. The molecule has 1 saturated heterocycles. The van der Waals surface area contributed by atoms with Gasteiger partial charge < -0.3 is 19.7 Å². The molecule has 2 aliphatic heterocycles. The fraction of sp³-hybridized carbons (Fsp3) is 0.419. The molecule has 2 heterocycles. The fourth-order valence-corrected chi connectivity index (χ4v) is 5.70. The molecule has 0 aliphatic carbocycles. The maximum atomic E-state index is 13.4. The number of esters is 2. The molecule has 2 aromatic rings. The number of methoxy groups -OCH3 is 1. The summed E-state index contributed by atoms with van der Waals surface area (Å²) >= 11 is 0. The molecule has 10 nitrogen and oxygen atoms in total. The predicted octanol–water partition coefficient (Wildman–Crippen LogP) is 4.37. The summed E-state index contributed by atoms with van der Waals surface area (Å²) in [6, 6.07) is 12.5. The zero-order valence-corrected chi connectivity index (χ0v) is 24.4. The third-order valence-electron chi connectivity index (χ3n) is 7.72. The first kappa shape index (κ1) is 29.8. The quantitative estimate of drug-likeness (QED) is 0.206. The second-order valence-electron chi connectivity index (χ2n) is 10.6. The molecule has 4 rings (SSSR count). The lowest BCUT2D eigenvalue weighted by Gasteiger charge is -2.37. The Morgan fingerprint density at radius 3 is 2.29 bits per heavy atom. The van der Waals surface area contributed by atoms with Crippen LogP contribution in [0.1, 0.15) is 42.9 Å². The monoisotopic (exact) mass is 562 g/mol. The number of anilines is 1. The highest BCUT2D eigenvalue weighted by atomic mass is 16.6. The maximum Gasteiger partial charge on any atom is 0.336 e. The standard InChI is InChI=1S/C31H38N4O6/c1-20-10-11-26(21(2)18-20)34-15-13-33(14-16-34)12-7-17-41-31(37)28-23(4)32-22(3)27(30(36)40-5)29(28)24-8-6-9-25(19-24)35(38)39/h6,8-11,18-19,29,32H,7,12-17H2,1-5H3. The van der Waals surface area contributed by atoms with E-state index in [9.17, 15) is 19.7 Å². The van der Waals surface area contributed by atoms with Gasteiger partial charge in [-0.05, 0) is 51.3 Å². The van der Waals surface area contributed by atoms with Crippen LogP contribution in [-0.4, -0.2) is 68.2 Å². The topological polar surface area (TPSA) is 114 Å². The van der Waals surface area contributed by atoms with Crippen LogP contribution in [0, 0.1) is 24.0 Å². The third-order valence-corrected chi connectivity index (χ3v) is 7.72. The number of carbonyl (C=O) groups excluding carboxylic acids is 2. The Hall–Kier alpha value is -4.18. The Balaban J connectivity index is 1.39. The van der Waals surface area contributed by atoms with E-state index in [-0.39, 0.29) is 23.4 Å². The minimum absolute atomic E-state index is 0.133.